The molecule has 0 aromatic rings. The molecule has 122 valence electrons. The Bertz CT molecular complexity index is 472. The highest BCUT2D eigenvalue weighted by molar-refractivity contribution is 7.90. The van der Waals surface area contributed by atoms with Crippen LogP contribution in [0.15, 0.2) is 16.6 Å². The van der Waals surface area contributed by atoms with Crippen LogP contribution in [0.4, 0.5) is 0 Å². The van der Waals surface area contributed by atoms with Crippen LogP contribution in [-0.4, -0.2) is 59.2 Å². The molecule has 2 N–H and O–H groups in total. The molecule has 0 aromatic carbocycles. The molecule has 1 heterocycles. The number of nitrogens with zero attached hydrogens (tertiary/aromatic N) is 1. The van der Waals surface area contributed by atoms with Gasteiger partial charge in [0.15, 0.2) is 5.96 Å². The number of hydrogen-bond acceptors (Lipinski definition) is 4. The molecule has 0 saturated carbocycles. The lowest BCUT2D eigenvalue weighted by Crippen LogP contribution is -2.43. The van der Waals surface area contributed by atoms with Crippen molar-refractivity contribution in [1.82, 2.24) is 10.6 Å². The summed E-state index contributed by atoms with van der Waals surface area (Å²) >= 11 is 0. The highest BCUT2D eigenvalue weighted by Gasteiger charge is 2.09. The van der Waals surface area contributed by atoms with Crippen molar-refractivity contribution in [3.63, 3.8) is 0 Å². The topological polar surface area (TPSA) is 79.8 Å². The van der Waals surface area contributed by atoms with Gasteiger partial charge in [-0.25, -0.2) is 8.42 Å². The van der Waals surface area contributed by atoms with Crippen molar-refractivity contribution in [2.24, 2.45) is 4.99 Å². The van der Waals surface area contributed by atoms with Gasteiger partial charge in [-0.3, -0.25) is 4.99 Å². The SMILES string of the molecule is CN=C(NCCC1=CCOCC1)NC(C)CCS(C)(=O)=O. The monoisotopic (exact) mass is 317 g/mol. The average molecular weight is 317 g/mol. The summed E-state index contributed by atoms with van der Waals surface area (Å²) in [5, 5.41) is 6.46. The van der Waals surface area contributed by atoms with Gasteiger partial charge in [0.2, 0.25) is 0 Å². The largest absolute Gasteiger partial charge is 0.377 e. The van der Waals surface area contributed by atoms with Gasteiger partial charge < -0.3 is 15.4 Å². The number of aliphatic imine (C=N–C) groups is 1. The molecule has 21 heavy (non-hydrogen) atoms. The maximum atomic E-state index is 11.1. The molecule has 6 nitrogen and oxygen atoms in total. The molecular formula is C14H27N3O3S. The molecule has 1 atom stereocenters. The van der Waals surface area contributed by atoms with Crippen LogP contribution in [0, 0.1) is 0 Å². The van der Waals surface area contributed by atoms with Gasteiger partial charge in [-0.1, -0.05) is 11.6 Å². The average Bonchev–Trinajstić information content (AvgIpc) is 2.44. The molecule has 0 amide bonds. The molecule has 0 fully saturated rings. The van der Waals surface area contributed by atoms with Crippen LogP contribution in [0.25, 0.3) is 0 Å². The molecule has 7 heteroatoms. The van der Waals surface area contributed by atoms with Gasteiger partial charge in [0.1, 0.15) is 9.84 Å². The van der Waals surface area contributed by atoms with Crippen molar-refractivity contribution in [2.45, 2.75) is 32.2 Å². The van der Waals surface area contributed by atoms with Gasteiger partial charge in [0.05, 0.1) is 19.0 Å². The summed E-state index contributed by atoms with van der Waals surface area (Å²) in [5.41, 5.74) is 1.41. The molecule has 0 aromatic heterocycles. The van der Waals surface area contributed by atoms with Gasteiger partial charge in [0, 0.05) is 25.9 Å². The van der Waals surface area contributed by atoms with Crippen LogP contribution in [0.2, 0.25) is 0 Å². The maximum Gasteiger partial charge on any atom is 0.191 e. The summed E-state index contributed by atoms with van der Waals surface area (Å²) in [6.45, 7) is 4.29. The Kier molecular flexibility index (Phi) is 7.74. The quantitative estimate of drug-likeness (QED) is 0.411. The zero-order valence-corrected chi connectivity index (χ0v) is 14.0. The minimum atomic E-state index is -2.91. The standard InChI is InChI=1S/C14H27N3O3S/c1-12(7-11-21(3,18)19)17-14(15-2)16-8-4-13-5-9-20-10-6-13/h5,12H,4,6-11H2,1-3H3,(H2,15,16,17). The zero-order chi connectivity index (χ0) is 15.7. The Morgan fingerprint density at radius 1 is 1.52 bits per heavy atom. The second-order valence-electron chi connectivity index (χ2n) is 5.40. The van der Waals surface area contributed by atoms with Crippen LogP contribution in [0.3, 0.4) is 0 Å². The first-order valence-corrected chi connectivity index (χ1v) is 9.37. The third-order valence-electron chi connectivity index (χ3n) is 3.32. The van der Waals surface area contributed by atoms with E-state index in [9.17, 15) is 8.42 Å². The van der Waals surface area contributed by atoms with Crippen LogP contribution < -0.4 is 10.6 Å². The second-order valence-corrected chi connectivity index (χ2v) is 7.66. The first-order valence-electron chi connectivity index (χ1n) is 7.31. The summed E-state index contributed by atoms with van der Waals surface area (Å²) in [4.78, 5) is 4.16. The Labute approximate surface area is 128 Å². The fourth-order valence-corrected chi connectivity index (χ4v) is 2.81. The number of rotatable bonds is 7. The van der Waals surface area contributed by atoms with E-state index in [-0.39, 0.29) is 11.8 Å². The van der Waals surface area contributed by atoms with Crippen LogP contribution in [-0.2, 0) is 14.6 Å². The summed E-state index contributed by atoms with van der Waals surface area (Å²) < 4.78 is 27.6. The number of nitrogens with one attached hydrogen (secondary N) is 2. The van der Waals surface area contributed by atoms with E-state index < -0.39 is 9.84 Å². The highest BCUT2D eigenvalue weighted by Crippen LogP contribution is 2.10. The van der Waals surface area contributed by atoms with Crippen molar-refractivity contribution >= 4 is 15.8 Å². The van der Waals surface area contributed by atoms with Gasteiger partial charge in [0.25, 0.3) is 0 Å². The first-order chi connectivity index (χ1) is 9.90. The van der Waals surface area contributed by atoms with Crippen molar-refractivity contribution < 1.29 is 13.2 Å². The van der Waals surface area contributed by atoms with Gasteiger partial charge in [-0.15, -0.1) is 0 Å². The fourth-order valence-electron chi connectivity index (χ4n) is 2.03. The molecule has 1 rings (SSSR count). The van der Waals surface area contributed by atoms with Crippen molar-refractivity contribution in [3.05, 3.63) is 11.6 Å². The minimum Gasteiger partial charge on any atom is -0.377 e. The minimum absolute atomic E-state index is 0.0632. The lowest BCUT2D eigenvalue weighted by Gasteiger charge is -2.18. The summed E-state index contributed by atoms with van der Waals surface area (Å²) in [6, 6.07) is 0.0632. The number of hydrogen-bond donors (Lipinski definition) is 2. The van der Waals surface area contributed by atoms with Crippen molar-refractivity contribution in [1.29, 1.82) is 0 Å². The van der Waals surface area contributed by atoms with E-state index in [1.165, 1.54) is 11.8 Å². The predicted molar refractivity (Wildman–Crippen MR) is 86.4 cm³/mol. The smallest absolute Gasteiger partial charge is 0.191 e. The summed E-state index contributed by atoms with van der Waals surface area (Å²) in [5.74, 6) is 0.897. The predicted octanol–water partition coefficient (Wildman–Crippen LogP) is 0.711. The van der Waals surface area contributed by atoms with Crippen LogP contribution in [0.1, 0.15) is 26.2 Å². The van der Waals surface area contributed by atoms with Crippen molar-refractivity contribution in [3.8, 4) is 0 Å². The third-order valence-corrected chi connectivity index (χ3v) is 4.30. The molecule has 1 unspecified atom stereocenters. The van der Waals surface area contributed by atoms with E-state index in [1.807, 2.05) is 6.92 Å². The number of sulfone groups is 1. The molecule has 0 radical (unpaired) electrons. The van der Waals surface area contributed by atoms with Gasteiger partial charge in [-0.05, 0) is 26.2 Å². The molecule has 0 saturated heterocycles. The first kappa shape index (κ1) is 18.0. The lowest BCUT2D eigenvalue weighted by atomic mass is 10.1. The van der Waals surface area contributed by atoms with E-state index >= 15 is 0 Å². The lowest BCUT2D eigenvalue weighted by molar-refractivity contribution is 0.153. The third kappa shape index (κ3) is 8.72. The Balaban J connectivity index is 2.26. The maximum absolute atomic E-state index is 11.1. The Hall–Kier alpha value is -1.08. The van der Waals surface area contributed by atoms with E-state index in [2.05, 4.69) is 21.7 Å². The van der Waals surface area contributed by atoms with Crippen LogP contribution in [0.5, 0.6) is 0 Å². The molecule has 0 spiro atoms. The van der Waals surface area contributed by atoms with E-state index in [4.69, 9.17) is 4.74 Å². The van der Waals surface area contributed by atoms with E-state index in [0.717, 1.165) is 26.0 Å². The molecule has 1 aliphatic heterocycles. The Morgan fingerprint density at radius 2 is 2.29 bits per heavy atom. The number of guanidine groups is 1. The van der Waals surface area contributed by atoms with E-state index in [0.29, 0.717) is 19.0 Å². The molecular weight excluding hydrogens is 290 g/mol. The molecule has 1 aliphatic rings. The highest BCUT2D eigenvalue weighted by atomic mass is 32.2. The number of ether oxygens (including phenoxy) is 1. The second kappa shape index (κ2) is 9.04. The fraction of sp³-hybridized carbons (Fsp3) is 0.786. The van der Waals surface area contributed by atoms with Crippen LogP contribution >= 0.6 is 0 Å². The van der Waals surface area contributed by atoms with E-state index in [1.54, 1.807) is 7.05 Å². The van der Waals surface area contributed by atoms with Gasteiger partial charge >= 0.3 is 0 Å². The molecule has 0 bridgehead atoms. The Morgan fingerprint density at radius 3 is 2.86 bits per heavy atom. The zero-order valence-electron chi connectivity index (χ0n) is 13.2. The summed E-state index contributed by atoms with van der Waals surface area (Å²) in [7, 11) is -1.20. The van der Waals surface area contributed by atoms with Gasteiger partial charge in [-0.2, -0.15) is 0 Å². The normalized spacial score (nSPS) is 18.0. The van der Waals surface area contributed by atoms with Crippen molar-refractivity contribution in [2.75, 3.05) is 38.8 Å². The molecule has 0 aliphatic carbocycles. The summed E-state index contributed by atoms with van der Waals surface area (Å²) in [6.07, 6.45) is 5.94.